The van der Waals surface area contributed by atoms with Gasteiger partial charge in [0.25, 0.3) is 5.91 Å². The summed E-state index contributed by atoms with van der Waals surface area (Å²) in [5.41, 5.74) is 3.56. The summed E-state index contributed by atoms with van der Waals surface area (Å²) in [6, 6.07) is 7.38. The molecule has 1 aliphatic heterocycles. The summed E-state index contributed by atoms with van der Waals surface area (Å²) in [5.74, 6) is 1.11. The number of amides is 1. The number of pyridine rings is 2. The molecule has 4 aromatic rings. The number of nitrogens with one attached hydrogen (secondary N) is 2. The van der Waals surface area contributed by atoms with Crippen molar-refractivity contribution in [3.63, 3.8) is 0 Å². The zero-order valence-corrected chi connectivity index (χ0v) is 13.5. The molecule has 0 fully saturated rings. The predicted octanol–water partition coefficient (Wildman–Crippen LogP) is 2.17. The van der Waals surface area contributed by atoms with Crippen LogP contribution in [0.25, 0.3) is 17.2 Å². The first-order chi connectivity index (χ1) is 12.8. The third-order valence-corrected chi connectivity index (χ3v) is 4.29. The van der Waals surface area contributed by atoms with Crippen LogP contribution < -0.4 is 10.6 Å². The van der Waals surface area contributed by atoms with Crippen LogP contribution in [0.2, 0.25) is 0 Å². The zero-order chi connectivity index (χ0) is 17.5. The van der Waals surface area contributed by atoms with Crippen molar-refractivity contribution >= 4 is 23.2 Å². The Morgan fingerprint density at radius 2 is 1.96 bits per heavy atom. The molecule has 0 saturated carbocycles. The van der Waals surface area contributed by atoms with E-state index in [1.165, 1.54) is 0 Å². The zero-order valence-electron chi connectivity index (χ0n) is 13.5. The van der Waals surface area contributed by atoms with Crippen molar-refractivity contribution in [1.82, 2.24) is 29.7 Å². The van der Waals surface area contributed by atoms with Crippen LogP contribution in [-0.2, 0) is 6.54 Å². The lowest BCUT2D eigenvalue weighted by molar-refractivity contribution is 0.0966. The number of carbonyl (C=O) groups is 1. The third kappa shape index (κ3) is 2.20. The standard InChI is InChI=1S/C18H13N7O/c26-17-15-11(8-22-17)16(13-10-23-18-20-6-3-7-25(13)18)21-9-12(15)24-14-4-1-2-5-19-14/h1-7,9-10H,8H2,(H,19,24)(H,22,26). The van der Waals surface area contributed by atoms with E-state index in [1.54, 1.807) is 24.8 Å². The molecular weight excluding hydrogens is 330 g/mol. The summed E-state index contributed by atoms with van der Waals surface area (Å²) in [6.07, 6.45) is 8.64. The highest BCUT2D eigenvalue weighted by Crippen LogP contribution is 2.33. The fourth-order valence-corrected chi connectivity index (χ4v) is 3.13. The van der Waals surface area contributed by atoms with Crippen LogP contribution in [0, 0.1) is 0 Å². The highest BCUT2D eigenvalue weighted by molar-refractivity contribution is 6.05. The van der Waals surface area contributed by atoms with Crippen LogP contribution in [0.15, 0.2) is 55.2 Å². The fourth-order valence-electron chi connectivity index (χ4n) is 3.13. The van der Waals surface area contributed by atoms with Gasteiger partial charge in [-0.15, -0.1) is 0 Å². The molecule has 1 aliphatic rings. The van der Waals surface area contributed by atoms with Crippen LogP contribution in [0.1, 0.15) is 15.9 Å². The summed E-state index contributed by atoms with van der Waals surface area (Å²) >= 11 is 0. The van der Waals surface area contributed by atoms with Gasteiger partial charge in [0.15, 0.2) is 0 Å². The Hall–Kier alpha value is -3.81. The van der Waals surface area contributed by atoms with E-state index in [9.17, 15) is 4.79 Å². The summed E-state index contributed by atoms with van der Waals surface area (Å²) in [6.45, 7) is 0.418. The van der Waals surface area contributed by atoms with E-state index in [0.29, 0.717) is 35.1 Å². The van der Waals surface area contributed by atoms with E-state index in [0.717, 1.165) is 11.3 Å². The van der Waals surface area contributed by atoms with Crippen LogP contribution >= 0.6 is 0 Å². The molecule has 5 heterocycles. The van der Waals surface area contributed by atoms with Crippen LogP contribution in [0.4, 0.5) is 11.5 Å². The SMILES string of the molecule is O=C1NCc2c(-c3cnc4ncccn34)ncc(Nc3ccccn3)c21. The normalized spacial score (nSPS) is 12.8. The molecule has 0 unspecified atom stereocenters. The minimum absolute atomic E-state index is 0.131. The molecule has 0 atom stereocenters. The van der Waals surface area contributed by atoms with Gasteiger partial charge in [0.2, 0.25) is 5.78 Å². The van der Waals surface area contributed by atoms with Crippen LogP contribution in [-0.4, -0.2) is 30.2 Å². The molecule has 0 spiro atoms. The average Bonchev–Trinajstić information content (AvgIpc) is 3.28. The second-order valence-corrected chi connectivity index (χ2v) is 5.83. The molecule has 0 bridgehead atoms. The highest BCUT2D eigenvalue weighted by Gasteiger charge is 2.28. The lowest BCUT2D eigenvalue weighted by Crippen LogP contribution is -2.13. The van der Waals surface area contributed by atoms with E-state index in [2.05, 4.69) is 30.6 Å². The average molecular weight is 343 g/mol. The minimum Gasteiger partial charge on any atom is -0.348 e. The van der Waals surface area contributed by atoms with Gasteiger partial charge in [0.05, 0.1) is 35.0 Å². The van der Waals surface area contributed by atoms with Crippen molar-refractivity contribution < 1.29 is 4.79 Å². The lowest BCUT2D eigenvalue weighted by atomic mass is 10.1. The van der Waals surface area contributed by atoms with E-state index < -0.39 is 0 Å². The van der Waals surface area contributed by atoms with Crippen molar-refractivity contribution in [3.05, 3.63) is 66.4 Å². The molecule has 5 rings (SSSR count). The first-order valence-electron chi connectivity index (χ1n) is 8.08. The molecule has 0 radical (unpaired) electrons. The van der Waals surface area contributed by atoms with Gasteiger partial charge in [0, 0.05) is 30.7 Å². The van der Waals surface area contributed by atoms with Crippen LogP contribution in [0.5, 0.6) is 0 Å². The van der Waals surface area contributed by atoms with E-state index >= 15 is 0 Å². The molecule has 0 aromatic carbocycles. The molecule has 4 aromatic heterocycles. The Balaban J connectivity index is 1.66. The monoisotopic (exact) mass is 343 g/mol. The number of aromatic nitrogens is 5. The highest BCUT2D eigenvalue weighted by atomic mass is 16.1. The maximum atomic E-state index is 12.4. The Morgan fingerprint density at radius 1 is 1.04 bits per heavy atom. The molecule has 8 nitrogen and oxygen atoms in total. The van der Waals surface area contributed by atoms with Gasteiger partial charge in [-0.25, -0.2) is 15.0 Å². The topological polar surface area (TPSA) is 97.1 Å². The molecule has 2 N–H and O–H groups in total. The number of nitrogens with zero attached hydrogens (tertiary/aromatic N) is 5. The largest absolute Gasteiger partial charge is 0.348 e. The number of fused-ring (bicyclic) bond motifs is 2. The molecule has 0 aliphatic carbocycles. The second kappa shape index (κ2) is 5.62. The third-order valence-electron chi connectivity index (χ3n) is 4.29. The van der Waals surface area contributed by atoms with Gasteiger partial charge in [-0.1, -0.05) is 6.07 Å². The molecule has 126 valence electrons. The second-order valence-electron chi connectivity index (χ2n) is 5.83. The molecule has 8 heteroatoms. The van der Waals surface area contributed by atoms with E-state index in [-0.39, 0.29) is 5.91 Å². The molecule has 26 heavy (non-hydrogen) atoms. The first-order valence-corrected chi connectivity index (χ1v) is 8.08. The Bertz CT molecular complexity index is 1140. The molecular formula is C18H13N7O. The van der Waals surface area contributed by atoms with Gasteiger partial charge in [-0.3, -0.25) is 14.2 Å². The summed E-state index contributed by atoms with van der Waals surface area (Å²) in [4.78, 5) is 29.8. The number of anilines is 2. The molecule has 1 amide bonds. The number of hydrogen-bond acceptors (Lipinski definition) is 6. The van der Waals surface area contributed by atoms with Crippen molar-refractivity contribution in [3.8, 4) is 11.4 Å². The number of imidazole rings is 1. The Labute approximate surface area is 148 Å². The number of carbonyl (C=O) groups excluding carboxylic acids is 1. The predicted molar refractivity (Wildman–Crippen MR) is 94.9 cm³/mol. The number of hydrogen-bond donors (Lipinski definition) is 2. The number of rotatable bonds is 3. The van der Waals surface area contributed by atoms with Crippen molar-refractivity contribution in [2.45, 2.75) is 6.54 Å². The summed E-state index contributed by atoms with van der Waals surface area (Å²) < 4.78 is 1.86. The smallest absolute Gasteiger partial charge is 0.254 e. The van der Waals surface area contributed by atoms with Crippen molar-refractivity contribution in [2.75, 3.05) is 5.32 Å². The lowest BCUT2D eigenvalue weighted by Gasteiger charge is -2.11. The fraction of sp³-hybridized carbons (Fsp3) is 0.0556. The van der Waals surface area contributed by atoms with Gasteiger partial charge < -0.3 is 10.6 Å². The Kier molecular flexibility index (Phi) is 3.14. The Morgan fingerprint density at radius 3 is 2.85 bits per heavy atom. The van der Waals surface area contributed by atoms with Gasteiger partial charge in [-0.2, -0.15) is 0 Å². The van der Waals surface area contributed by atoms with Gasteiger partial charge in [0.1, 0.15) is 5.82 Å². The first kappa shape index (κ1) is 14.5. The maximum Gasteiger partial charge on any atom is 0.254 e. The quantitative estimate of drug-likeness (QED) is 0.592. The van der Waals surface area contributed by atoms with Crippen LogP contribution in [0.3, 0.4) is 0 Å². The van der Waals surface area contributed by atoms with Gasteiger partial charge in [-0.05, 0) is 18.2 Å². The van der Waals surface area contributed by atoms with E-state index in [1.807, 2.05) is 34.9 Å². The maximum absolute atomic E-state index is 12.4. The van der Waals surface area contributed by atoms with Crippen molar-refractivity contribution in [2.24, 2.45) is 0 Å². The van der Waals surface area contributed by atoms with Gasteiger partial charge >= 0.3 is 0 Å². The summed E-state index contributed by atoms with van der Waals surface area (Å²) in [7, 11) is 0. The minimum atomic E-state index is -0.131. The van der Waals surface area contributed by atoms with Crippen molar-refractivity contribution in [1.29, 1.82) is 0 Å². The van der Waals surface area contributed by atoms with E-state index in [4.69, 9.17) is 0 Å². The molecule has 0 saturated heterocycles. The summed E-state index contributed by atoms with van der Waals surface area (Å²) in [5, 5.41) is 6.05.